The van der Waals surface area contributed by atoms with Gasteiger partial charge in [-0.05, 0) is 18.1 Å². The second-order valence-electron chi connectivity index (χ2n) is 4.50. The Morgan fingerprint density at radius 1 is 1.18 bits per heavy atom. The Kier molecular flexibility index (Phi) is 7.28. The maximum atomic E-state index is 11.9. The molecule has 0 radical (unpaired) electrons. The molecule has 0 unspecified atom stereocenters. The molecule has 0 aliphatic heterocycles. The highest BCUT2D eigenvalue weighted by molar-refractivity contribution is 5.87. The molecule has 0 amide bonds. The Balaban J connectivity index is 2.63. The normalized spacial score (nSPS) is 11.5. The molecular formula is C16H20O6. The van der Waals surface area contributed by atoms with Crippen molar-refractivity contribution in [3.63, 3.8) is 0 Å². The second-order valence-corrected chi connectivity index (χ2v) is 4.50. The lowest BCUT2D eigenvalue weighted by atomic mass is 10.2. The SMILES string of the molecule is COC(CCCC(=O)O)(OC)OC(=O)C=Cc1ccccc1. The first-order valence-corrected chi connectivity index (χ1v) is 6.79. The van der Waals surface area contributed by atoms with Gasteiger partial charge in [-0.15, -0.1) is 0 Å². The van der Waals surface area contributed by atoms with Crippen molar-refractivity contribution in [1.29, 1.82) is 0 Å². The van der Waals surface area contributed by atoms with Gasteiger partial charge in [0.2, 0.25) is 0 Å². The summed E-state index contributed by atoms with van der Waals surface area (Å²) in [6.45, 7) is 0. The molecule has 0 spiro atoms. The fourth-order valence-electron chi connectivity index (χ4n) is 1.79. The topological polar surface area (TPSA) is 82.1 Å². The third-order valence-electron chi connectivity index (χ3n) is 2.96. The molecule has 6 heteroatoms. The van der Waals surface area contributed by atoms with E-state index in [4.69, 9.17) is 19.3 Å². The second kappa shape index (κ2) is 8.96. The highest BCUT2D eigenvalue weighted by Gasteiger charge is 2.33. The number of carboxylic acids is 1. The highest BCUT2D eigenvalue weighted by Crippen LogP contribution is 2.22. The monoisotopic (exact) mass is 308 g/mol. The molecule has 0 aliphatic rings. The van der Waals surface area contributed by atoms with Gasteiger partial charge in [0, 0.05) is 33.1 Å². The Labute approximate surface area is 129 Å². The standard InChI is InChI=1S/C16H20O6/c1-20-16(21-2,12-6-9-14(17)18)22-15(19)11-10-13-7-4-3-5-8-13/h3-5,7-8,10-11H,6,9,12H2,1-2H3,(H,17,18). The summed E-state index contributed by atoms with van der Waals surface area (Å²) in [6.07, 6.45) is 3.19. The maximum absolute atomic E-state index is 11.9. The van der Waals surface area contributed by atoms with Crippen molar-refractivity contribution in [2.45, 2.75) is 25.2 Å². The van der Waals surface area contributed by atoms with Crippen LogP contribution in [0.3, 0.4) is 0 Å². The molecular weight excluding hydrogens is 288 g/mol. The summed E-state index contributed by atoms with van der Waals surface area (Å²) in [5.74, 6) is -3.15. The van der Waals surface area contributed by atoms with Gasteiger partial charge >= 0.3 is 17.9 Å². The van der Waals surface area contributed by atoms with Crippen LogP contribution in [-0.2, 0) is 23.8 Å². The van der Waals surface area contributed by atoms with Crippen LogP contribution in [0.25, 0.3) is 6.08 Å². The van der Waals surface area contributed by atoms with Crippen molar-refractivity contribution in [1.82, 2.24) is 0 Å². The summed E-state index contributed by atoms with van der Waals surface area (Å²) in [4.78, 5) is 22.4. The summed E-state index contributed by atoms with van der Waals surface area (Å²) in [5, 5.41) is 8.65. The van der Waals surface area contributed by atoms with Gasteiger partial charge in [-0.2, -0.15) is 0 Å². The van der Waals surface area contributed by atoms with Crippen molar-refractivity contribution in [3.8, 4) is 0 Å². The van der Waals surface area contributed by atoms with E-state index < -0.39 is 17.9 Å². The first-order valence-electron chi connectivity index (χ1n) is 6.79. The van der Waals surface area contributed by atoms with Crippen molar-refractivity contribution >= 4 is 18.0 Å². The summed E-state index contributed by atoms with van der Waals surface area (Å²) < 4.78 is 15.4. The predicted octanol–water partition coefficient (Wildman–Crippen LogP) is 2.44. The summed E-state index contributed by atoms with van der Waals surface area (Å²) in [5.41, 5.74) is 0.853. The maximum Gasteiger partial charge on any atom is 0.335 e. The van der Waals surface area contributed by atoms with E-state index in [1.54, 1.807) is 6.08 Å². The van der Waals surface area contributed by atoms with E-state index in [0.29, 0.717) is 0 Å². The fraction of sp³-hybridized carbons (Fsp3) is 0.375. The molecule has 0 fully saturated rings. The lowest BCUT2D eigenvalue weighted by Gasteiger charge is -2.29. The molecule has 0 aromatic heterocycles. The van der Waals surface area contributed by atoms with Crippen molar-refractivity contribution in [2.75, 3.05) is 14.2 Å². The van der Waals surface area contributed by atoms with Crippen LogP contribution < -0.4 is 0 Å². The number of benzene rings is 1. The van der Waals surface area contributed by atoms with Crippen LogP contribution in [0.1, 0.15) is 24.8 Å². The van der Waals surface area contributed by atoms with Gasteiger partial charge in [0.1, 0.15) is 0 Å². The number of carboxylic acid groups (broad SMARTS) is 1. The molecule has 6 nitrogen and oxygen atoms in total. The van der Waals surface area contributed by atoms with Crippen LogP contribution in [-0.4, -0.2) is 37.2 Å². The minimum Gasteiger partial charge on any atom is -0.481 e. The zero-order valence-electron chi connectivity index (χ0n) is 12.7. The number of carbonyl (C=O) groups excluding carboxylic acids is 1. The Hall–Kier alpha value is -2.18. The van der Waals surface area contributed by atoms with E-state index in [0.717, 1.165) is 5.56 Å². The van der Waals surface area contributed by atoms with E-state index in [-0.39, 0.29) is 19.3 Å². The molecule has 1 rings (SSSR count). The van der Waals surface area contributed by atoms with Crippen LogP contribution >= 0.6 is 0 Å². The van der Waals surface area contributed by atoms with E-state index in [1.807, 2.05) is 30.3 Å². The number of ether oxygens (including phenoxy) is 3. The zero-order valence-corrected chi connectivity index (χ0v) is 12.7. The van der Waals surface area contributed by atoms with Crippen LogP contribution in [0.2, 0.25) is 0 Å². The Morgan fingerprint density at radius 2 is 1.82 bits per heavy atom. The summed E-state index contributed by atoms with van der Waals surface area (Å²) >= 11 is 0. The number of rotatable bonds is 9. The zero-order chi connectivity index (χ0) is 16.4. The molecule has 0 atom stereocenters. The lowest BCUT2D eigenvalue weighted by molar-refractivity contribution is -0.345. The summed E-state index contributed by atoms with van der Waals surface area (Å²) in [7, 11) is 2.66. The molecule has 1 aromatic rings. The molecule has 0 aliphatic carbocycles. The average molecular weight is 308 g/mol. The average Bonchev–Trinajstić information content (AvgIpc) is 2.52. The van der Waals surface area contributed by atoms with E-state index >= 15 is 0 Å². The molecule has 22 heavy (non-hydrogen) atoms. The van der Waals surface area contributed by atoms with Crippen LogP contribution in [0.4, 0.5) is 0 Å². The van der Waals surface area contributed by atoms with Crippen molar-refractivity contribution < 1.29 is 28.9 Å². The number of methoxy groups -OCH3 is 2. The molecule has 1 aromatic carbocycles. The van der Waals surface area contributed by atoms with Crippen molar-refractivity contribution in [2.24, 2.45) is 0 Å². The van der Waals surface area contributed by atoms with Gasteiger partial charge in [0.25, 0.3) is 0 Å². The largest absolute Gasteiger partial charge is 0.481 e. The van der Waals surface area contributed by atoms with Gasteiger partial charge in [0.05, 0.1) is 0 Å². The number of hydrogen-bond acceptors (Lipinski definition) is 5. The number of esters is 1. The third kappa shape index (κ3) is 6.07. The number of aliphatic carboxylic acids is 1. The summed E-state index contributed by atoms with van der Waals surface area (Å²) in [6, 6.07) is 9.27. The van der Waals surface area contributed by atoms with Gasteiger partial charge in [-0.25, -0.2) is 4.79 Å². The van der Waals surface area contributed by atoms with Gasteiger partial charge < -0.3 is 19.3 Å². The smallest absolute Gasteiger partial charge is 0.335 e. The lowest BCUT2D eigenvalue weighted by Crippen LogP contribution is -2.39. The quantitative estimate of drug-likeness (QED) is 0.429. The van der Waals surface area contributed by atoms with Crippen molar-refractivity contribution in [3.05, 3.63) is 42.0 Å². The predicted molar refractivity (Wildman–Crippen MR) is 79.8 cm³/mol. The third-order valence-corrected chi connectivity index (χ3v) is 2.96. The van der Waals surface area contributed by atoms with E-state index in [1.165, 1.54) is 20.3 Å². The van der Waals surface area contributed by atoms with E-state index in [9.17, 15) is 9.59 Å². The molecule has 1 N–H and O–H groups in total. The van der Waals surface area contributed by atoms with Gasteiger partial charge in [-0.1, -0.05) is 30.3 Å². The molecule has 120 valence electrons. The molecule has 0 bridgehead atoms. The van der Waals surface area contributed by atoms with Crippen LogP contribution in [0, 0.1) is 0 Å². The minimum atomic E-state index is -1.58. The molecule has 0 saturated heterocycles. The van der Waals surface area contributed by atoms with Crippen LogP contribution in [0.15, 0.2) is 36.4 Å². The number of hydrogen-bond donors (Lipinski definition) is 1. The van der Waals surface area contributed by atoms with Gasteiger partial charge in [-0.3, -0.25) is 4.79 Å². The first kappa shape index (κ1) is 17.9. The first-order chi connectivity index (χ1) is 10.5. The number of carbonyl (C=O) groups is 2. The van der Waals surface area contributed by atoms with Gasteiger partial charge in [0.15, 0.2) is 0 Å². The molecule has 0 saturated carbocycles. The van der Waals surface area contributed by atoms with Crippen LogP contribution in [0.5, 0.6) is 0 Å². The highest BCUT2D eigenvalue weighted by atomic mass is 16.9. The minimum absolute atomic E-state index is 0.0636. The Morgan fingerprint density at radius 3 is 2.36 bits per heavy atom. The Bertz CT molecular complexity index is 505. The fourth-order valence-corrected chi connectivity index (χ4v) is 1.79. The van der Waals surface area contributed by atoms with E-state index in [2.05, 4.69) is 0 Å². The molecule has 0 heterocycles.